The van der Waals surface area contributed by atoms with Gasteiger partial charge in [-0.2, -0.15) is 0 Å². The first-order valence-electron chi connectivity index (χ1n) is 0.548. The molecule has 0 saturated heterocycles. The molecule has 24 valence electrons. The van der Waals surface area contributed by atoms with Gasteiger partial charge in [0.25, 0.3) is 0 Å². The fraction of sp³-hybridized carbons (Fsp3) is 0. The molecule has 0 aromatic rings. The lowest BCUT2D eigenvalue weighted by molar-refractivity contribution is 0.555. The van der Waals surface area contributed by atoms with E-state index in [0.717, 1.165) is 0 Å². The van der Waals surface area contributed by atoms with Crippen LogP contribution >= 0.6 is 21.6 Å². The second-order valence-corrected chi connectivity index (χ2v) is 0.958. The molecular weight excluding hydrogens is 95.0 g/mol. The summed E-state index contributed by atoms with van der Waals surface area (Å²) in [6.07, 6.45) is 0. The SMILES string of the molecule is O=POS. The molecule has 0 unspecified atom stereocenters. The molecule has 0 aliphatic rings. The summed E-state index contributed by atoms with van der Waals surface area (Å²) in [6, 6.07) is 0. The quantitative estimate of drug-likeness (QED) is 0.300. The van der Waals surface area contributed by atoms with E-state index in [0.29, 0.717) is 0 Å². The van der Waals surface area contributed by atoms with Crippen LogP contribution in [0.5, 0.6) is 0 Å². The zero-order chi connectivity index (χ0) is 3.41. The summed E-state index contributed by atoms with van der Waals surface area (Å²) in [5, 5.41) is 0. The highest BCUT2D eigenvalue weighted by atomic mass is 32.1. The first kappa shape index (κ1) is 4.41. The van der Waals surface area contributed by atoms with Crippen LogP contribution in [0.1, 0.15) is 0 Å². The van der Waals surface area contributed by atoms with E-state index in [-0.39, 0.29) is 8.69 Å². The molecule has 0 bridgehead atoms. The number of rotatable bonds is 1. The van der Waals surface area contributed by atoms with Gasteiger partial charge in [-0.05, 0) is 12.9 Å². The van der Waals surface area contributed by atoms with Crippen LogP contribution < -0.4 is 0 Å². The minimum atomic E-state index is -0.387. The highest BCUT2D eigenvalue weighted by Crippen LogP contribution is 1.93. The van der Waals surface area contributed by atoms with Gasteiger partial charge in [-0.1, -0.05) is 0 Å². The summed E-state index contributed by atoms with van der Waals surface area (Å²) in [6.45, 7) is 0. The largest absolute Gasteiger partial charge is 0.339 e. The zero-order valence-electron chi connectivity index (χ0n) is 1.71. The van der Waals surface area contributed by atoms with Crippen LogP contribution in [0.15, 0.2) is 0 Å². The molecule has 0 aromatic heterocycles. The minimum Gasteiger partial charge on any atom is -0.239 e. The molecule has 0 amide bonds. The van der Waals surface area contributed by atoms with Gasteiger partial charge in [0.1, 0.15) is 0 Å². The lowest BCUT2D eigenvalue weighted by Gasteiger charge is -1.54. The van der Waals surface area contributed by atoms with Crippen molar-refractivity contribution in [1.82, 2.24) is 0 Å². The Morgan fingerprint density at radius 1 is 2.00 bits per heavy atom. The lowest BCUT2D eigenvalue weighted by Crippen LogP contribution is -1.22. The Kier molecular flexibility index (Phi) is 3.76. The van der Waals surface area contributed by atoms with E-state index in [4.69, 9.17) is 4.57 Å². The topological polar surface area (TPSA) is 26.3 Å². The van der Waals surface area contributed by atoms with Gasteiger partial charge < -0.3 is 0 Å². The summed E-state index contributed by atoms with van der Waals surface area (Å²) in [5.41, 5.74) is 0. The van der Waals surface area contributed by atoms with E-state index < -0.39 is 0 Å². The Hall–Kier alpha value is 0.410. The maximum atomic E-state index is 8.97. The minimum absolute atomic E-state index is 0.387. The Bertz CT molecular complexity index is 20.0. The maximum Gasteiger partial charge on any atom is 0.339 e. The van der Waals surface area contributed by atoms with Gasteiger partial charge in [0, 0.05) is 0 Å². The standard InChI is InChI=1S/HO2PS/c1-3-2-4/h4H. The highest BCUT2D eigenvalue weighted by molar-refractivity contribution is 7.78. The molecule has 4 heavy (non-hydrogen) atoms. The van der Waals surface area contributed by atoms with Gasteiger partial charge in [0.2, 0.25) is 0 Å². The molecule has 0 heterocycles. The maximum absolute atomic E-state index is 8.97. The molecule has 0 radical (unpaired) electrons. The normalized spacial score (nSPS) is 8.25. The zero-order valence-corrected chi connectivity index (χ0v) is 3.50. The summed E-state index contributed by atoms with van der Waals surface area (Å²) in [5.74, 6) is 0. The van der Waals surface area contributed by atoms with Crippen LogP contribution in [0.4, 0.5) is 0 Å². The Balaban J connectivity index is 2.30. The van der Waals surface area contributed by atoms with E-state index in [9.17, 15) is 0 Å². The molecule has 4 heteroatoms. The molecule has 0 aliphatic heterocycles. The average molecular weight is 96.0 g/mol. The second-order valence-electron chi connectivity index (χ2n) is 0.156. The van der Waals surface area contributed by atoms with Crippen LogP contribution in [-0.4, -0.2) is 0 Å². The van der Waals surface area contributed by atoms with E-state index in [1.165, 1.54) is 0 Å². The Labute approximate surface area is 31.1 Å². The summed E-state index contributed by atoms with van der Waals surface area (Å²) >= 11 is 3.10. The van der Waals surface area contributed by atoms with E-state index in [1.807, 2.05) is 0 Å². The van der Waals surface area contributed by atoms with Gasteiger partial charge >= 0.3 is 8.69 Å². The van der Waals surface area contributed by atoms with E-state index >= 15 is 0 Å². The molecule has 0 atom stereocenters. The van der Waals surface area contributed by atoms with Gasteiger partial charge in [-0.3, -0.25) is 0 Å². The van der Waals surface area contributed by atoms with Crippen molar-refractivity contribution in [2.45, 2.75) is 0 Å². The molecule has 0 fully saturated rings. The third-order valence-electron chi connectivity index (χ3n) is 0.0333. The van der Waals surface area contributed by atoms with Crippen molar-refractivity contribution in [3.8, 4) is 0 Å². The van der Waals surface area contributed by atoms with Crippen LogP contribution in [0.2, 0.25) is 0 Å². The Morgan fingerprint density at radius 2 is 2.25 bits per heavy atom. The number of hydrogen-bond acceptors (Lipinski definition) is 3. The van der Waals surface area contributed by atoms with Crippen molar-refractivity contribution >= 4 is 21.6 Å². The van der Waals surface area contributed by atoms with Crippen LogP contribution in [0.3, 0.4) is 0 Å². The third-order valence-corrected chi connectivity index (χ3v) is 0.300. The average Bonchev–Trinajstić information content (AvgIpc) is 1.37. The number of hydrogen-bond donors (Lipinski definition) is 1. The highest BCUT2D eigenvalue weighted by Gasteiger charge is 1.53. The number of thiol groups is 1. The molecule has 0 aromatic carbocycles. The van der Waals surface area contributed by atoms with Crippen molar-refractivity contribution in [1.29, 1.82) is 0 Å². The lowest BCUT2D eigenvalue weighted by atomic mass is 15.9. The van der Waals surface area contributed by atoms with Crippen LogP contribution in [-0.2, 0) is 8.54 Å². The summed E-state index contributed by atoms with van der Waals surface area (Å²) < 4.78 is 12.6. The predicted molar refractivity (Wildman–Crippen MR) is 17.7 cm³/mol. The van der Waals surface area contributed by atoms with E-state index in [1.54, 1.807) is 0 Å². The van der Waals surface area contributed by atoms with Crippen molar-refractivity contribution in [2.75, 3.05) is 0 Å². The summed E-state index contributed by atoms with van der Waals surface area (Å²) in [7, 11) is -0.387. The van der Waals surface area contributed by atoms with Gasteiger partial charge in [-0.15, -0.1) is 0 Å². The molecule has 0 rings (SSSR count). The van der Waals surface area contributed by atoms with Gasteiger partial charge in [-0.25, -0.2) is 8.54 Å². The van der Waals surface area contributed by atoms with Crippen molar-refractivity contribution in [3.05, 3.63) is 0 Å². The van der Waals surface area contributed by atoms with Gasteiger partial charge in [0.05, 0.1) is 0 Å². The molecular formula is HO2PS. The molecule has 2 nitrogen and oxygen atoms in total. The van der Waals surface area contributed by atoms with Crippen LogP contribution in [0.25, 0.3) is 0 Å². The third kappa shape index (κ3) is 2.41. The Morgan fingerprint density at radius 3 is 2.25 bits per heavy atom. The second kappa shape index (κ2) is 3.41. The molecule has 0 saturated carbocycles. The first-order valence-corrected chi connectivity index (χ1v) is 1.64. The van der Waals surface area contributed by atoms with Crippen molar-refractivity contribution < 1.29 is 8.54 Å². The fourth-order valence-corrected chi connectivity index (χ4v) is 0. The fourth-order valence-electron chi connectivity index (χ4n) is 0. The predicted octanol–water partition coefficient (Wildman–Crippen LogP) is 1.05. The molecule has 0 spiro atoms. The monoisotopic (exact) mass is 95.9 g/mol. The van der Waals surface area contributed by atoms with Gasteiger partial charge in [0.15, 0.2) is 0 Å². The summed E-state index contributed by atoms with van der Waals surface area (Å²) in [4.78, 5) is 0. The van der Waals surface area contributed by atoms with Crippen LogP contribution in [0, 0.1) is 0 Å². The van der Waals surface area contributed by atoms with E-state index in [2.05, 4.69) is 16.9 Å². The smallest absolute Gasteiger partial charge is 0.239 e. The first-order chi connectivity index (χ1) is 1.91. The molecule has 0 aliphatic carbocycles. The molecule has 0 N–H and O–H groups in total. The van der Waals surface area contributed by atoms with Crippen molar-refractivity contribution in [3.63, 3.8) is 0 Å². The van der Waals surface area contributed by atoms with Crippen molar-refractivity contribution in [2.24, 2.45) is 0 Å².